The summed E-state index contributed by atoms with van der Waals surface area (Å²) < 4.78 is 5.25. The molecular formula is C17H28O4. The molecule has 4 nitrogen and oxygen atoms in total. The van der Waals surface area contributed by atoms with Gasteiger partial charge in [0.25, 0.3) is 0 Å². The third-order valence-electron chi connectivity index (χ3n) is 3.97. The van der Waals surface area contributed by atoms with Crippen molar-refractivity contribution in [3.8, 4) is 0 Å². The fraction of sp³-hybridized carbons (Fsp3) is 0.765. The summed E-state index contributed by atoms with van der Waals surface area (Å²) in [6.07, 6.45) is 10.2. The second-order valence-corrected chi connectivity index (χ2v) is 6.26. The van der Waals surface area contributed by atoms with E-state index in [1.807, 2.05) is 12.2 Å². The number of carboxylic acids is 1. The van der Waals surface area contributed by atoms with Crippen molar-refractivity contribution in [3.63, 3.8) is 0 Å². The first kappa shape index (κ1) is 17.7. The first-order valence-electron chi connectivity index (χ1n) is 8.06. The SMILES string of the molecule is CC(C)CCCCCCOC(=O)C1CC=CCC1C(=O)O. The maximum absolute atomic E-state index is 12.0. The van der Waals surface area contributed by atoms with Gasteiger partial charge in [-0.15, -0.1) is 0 Å². The maximum atomic E-state index is 12.0. The van der Waals surface area contributed by atoms with Gasteiger partial charge in [0, 0.05) is 0 Å². The Morgan fingerprint density at radius 2 is 1.71 bits per heavy atom. The second-order valence-electron chi connectivity index (χ2n) is 6.26. The van der Waals surface area contributed by atoms with Gasteiger partial charge in [-0.1, -0.05) is 51.7 Å². The number of rotatable bonds is 9. The van der Waals surface area contributed by atoms with Gasteiger partial charge in [0.05, 0.1) is 18.4 Å². The van der Waals surface area contributed by atoms with E-state index < -0.39 is 17.8 Å². The lowest BCUT2D eigenvalue weighted by Crippen LogP contribution is -2.32. The molecule has 2 atom stereocenters. The number of carbonyl (C=O) groups excluding carboxylic acids is 1. The highest BCUT2D eigenvalue weighted by Crippen LogP contribution is 2.27. The number of hydrogen-bond donors (Lipinski definition) is 1. The number of ether oxygens (including phenoxy) is 1. The van der Waals surface area contributed by atoms with Crippen LogP contribution in [-0.2, 0) is 14.3 Å². The summed E-state index contributed by atoms with van der Waals surface area (Å²) in [4.78, 5) is 23.1. The van der Waals surface area contributed by atoms with Crippen molar-refractivity contribution in [1.29, 1.82) is 0 Å². The molecule has 1 rings (SSSR count). The van der Waals surface area contributed by atoms with Crippen LogP contribution in [-0.4, -0.2) is 23.7 Å². The molecule has 120 valence electrons. The van der Waals surface area contributed by atoms with Gasteiger partial charge in [0.15, 0.2) is 0 Å². The zero-order chi connectivity index (χ0) is 15.7. The van der Waals surface area contributed by atoms with E-state index in [9.17, 15) is 9.59 Å². The highest BCUT2D eigenvalue weighted by atomic mass is 16.5. The molecule has 0 aromatic rings. The van der Waals surface area contributed by atoms with Crippen molar-refractivity contribution < 1.29 is 19.4 Å². The number of aliphatic carboxylic acids is 1. The number of hydrogen-bond acceptors (Lipinski definition) is 3. The van der Waals surface area contributed by atoms with Crippen LogP contribution in [0.4, 0.5) is 0 Å². The fourth-order valence-corrected chi connectivity index (χ4v) is 2.64. The van der Waals surface area contributed by atoms with Crippen molar-refractivity contribution in [1.82, 2.24) is 0 Å². The van der Waals surface area contributed by atoms with Crippen LogP contribution in [0.3, 0.4) is 0 Å². The molecule has 0 saturated heterocycles. The van der Waals surface area contributed by atoms with Gasteiger partial charge in [0.1, 0.15) is 0 Å². The lowest BCUT2D eigenvalue weighted by Gasteiger charge is -2.23. The molecule has 1 N–H and O–H groups in total. The zero-order valence-electron chi connectivity index (χ0n) is 13.2. The molecule has 21 heavy (non-hydrogen) atoms. The highest BCUT2D eigenvalue weighted by Gasteiger charge is 2.34. The summed E-state index contributed by atoms with van der Waals surface area (Å²) in [7, 11) is 0. The van der Waals surface area contributed by atoms with Crippen molar-refractivity contribution in [2.24, 2.45) is 17.8 Å². The van der Waals surface area contributed by atoms with E-state index >= 15 is 0 Å². The zero-order valence-corrected chi connectivity index (χ0v) is 13.2. The second kappa shape index (κ2) is 9.59. The first-order chi connectivity index (χ1) is 10.0. The van der Waals surface area contributed by atoms with E-state index in [4.69, 9.17) is 9.84 Å². The van der Waals surface area contributed by atoms with E-state index in [-0.39, 0.29) is 5.97 Å². The van der Waals surface area contributed by atoms with Crippen molar-refractivity contribution in [3.05, 3.63) is 12.2 Å². The molecule has 0 aliphatic heterocycles. The van der Waals surface area contributed by atoms with Gasteiger partial charge in [0.2, 0.25) is 0 Å². The van der Waals surface area contributed by atoms with Crippen LogP contribution < -0.4 is 0 Å². The number of unbranched alkanes of at least 4 members (excludes halogenated alkanes) is 3. The summed E-state index contributed by atoms with van der Waals surface area (Å²) in [5.74, 6) is -1.67. The number of carbonyl (C=O) groups is 2. The highest BCUT2D eigenvalue weighted by molar-refractivity contribution is 5.81. The monoisotopic (exact) mass is 296 g/mol. The van der Waals surface area contributed by atoms with Crippen LogP contribution >= 0.6 is 0 Å². The van der Waals surface area contributed by atoms with Crippen LogP contribution in [0.2, 0.25) is 0 Å². The summed E-state index contributed by atoms with van der Waals surface area (Å²) in [5, 5.41) is 9.13. The molecule has 0 fully saturated rings. The molecule has 0 bridgehead atoms. The van der Waals surface area contributed by atoms with Crippen LogP contribution in [0.5, 0.6) is 0 Å². The van der Waals surface area contributed by atoms with Crippen LogP contribution in [0.15, 0.2) is 12.2 Å². The Bertz CT molecular complexity index is 360. The van der Waals surface area contributed by atoms with Gasteiger partial charge >= 0.3 is 11.9 Å². The average molecular weight is 296 g/mol. The molecular weight excluding hydrogens is 268 g/mol. The molecule has 0 aromatic heterocycles. The molecule has 0 radical (unpaired) electrons. The maximum Gasteiger partial charge on any atom is 0.310 e. The predicted octanol–water partition coefficient (Wildman–Crippen LogP) is 3.80. The van der Waals surface area contributed by atoms with Crippen molar-refractivity contribution >= 4 is 11.9 Å². The Morgan fingerprint density at radius 1 is 1.10 bits per heavy atom. The van der Waals surface area contributed by atoms with Gasteiger partial charge in [-0.05, 0) is 25.2 Å². The minimum atomic E-state index is -0.907. The number of allylic oxidation sites excluding steroid dienone is 2. The minimum Gasteiger partial charge on any atom is -0.481 e. The summed E-state index contributed by atoms with van der Waals surface area (Å²) in [6.45, 7) is 4.85. The molecule has 0 spiro atoms. The Morgan fingerprint density at radius 3 is 2.33 bits per heavy atom. The van der Waals surface area contributed by atoms with E-state index in [0.29, 0.717) is 19.4 Å². The smallest absolute Gasteiger partial charge is 0.310 e. The van der Waals surface area contributed by atoms with Gasteiger partial charge in [-0.25, -0.2) is 0 Å². The third-order valence-corrected chi connectivity index (χ3v) is 3.97. The standard InChI is InChI=1S/C17H28O4/c1-13(2)9-5-3-4-8-12-21-17(20)15-11-7-6-10-14(15)16(18)19/h6-7,13-15H,3-5,8-12H2,1-2H3,(H,18,19). The van der Waals surface area contributed by atoms with E-state index in [2.05, 4.69) is 13.8 Å². The Hall–Kier alpha value is -1.32. The van der Waals surface area contributed by atoms with Crippen molar-refractivity contribution in [2.75, 3.05) is 6.61 Å². The average Bonchev–Trinajstić information content (AvgIpc) is 2.45. The molecule has 1 aliphatic rings. The molecule has 0 saturated carbocycles. The summed E-state index contributed by atoms with van der Waals surface area (Å²) in [5.41, 5.74) is 0. The molecule has 0 amide bonds. The van der Waals surface area contributed by atoms with E-state index in [0.717, 1.165) is 18.8 Å². The minimum absolute atomic E-state index is 0.353. The summed E-state index contributed by atoms with van der Waals surface area (Å²) in [6, 6.07) is 0. The third kappa shape index (κ3) is 6.78. The predicted molar refractivity (Wildman–Crippen MR) is 81.9 cm³/mol. The fourth-order valence-electron chi connectivity index (χ4n) is 2.64. The quantitative estimate of drug-likeness (QED) is 0.399. The topological polar surface area (TPSA) is 63.6 Å². The molecule has 4 heteroatoms. The first-order valence-corrected chi connectivity index (χ1v) is 8.06. The van der Waals surface area contributed by atoms with Gasteiger partial charge in [-0.2, -0.15) is 0 Å². The summed E-state index contributed by atoms with van der Waals surface area (Å²) >= 11 is 0. The molecule has 0 heterocycles. The van der Waals surface area contributed by atoms with E-state index in [1.165, 1.54) is 19.3 Å². The van der Waals surface area contributed by atoms with Crippen LogP contribution in [0, 0.1) is 17.8 Å². The largest absolute Gasteiger partial charge is 0.481 e. The Balaban J connectivity index is 2.18. The molecule has 0 aromatic carbocycles. The van der Waals surface area contributed by atoms with Gasteiger partial charge < -0.3 is 9.84 Å². The molecule has 2 unspecified atom stereocenters. The Kier molecular flexibility index (Phi) is 8.09. The number of carboxylic acid groups (broad SMARTS) is 1. The molecule has 1 aliphatic carbocycles. The van der Waals surface area contributed by atoms with Crippen LogP contribution in [0.25, 0.3) is 0 Å². The lowest BCUT2D eigenvalue weighted by molar-refractivity contribution is -0.158. The number of esters is 1. The van der Waals surface area contributed by atoms with Gasteiger partial charge in [-0.3, -0.25) is 9.59 Å². The lowest BCUT2D eigenvalue weighted by atomic mass is 9.83. The van der Waals surface area contributed by atoms with E-state index in [1.54, 1.807) is 0 Å². The normalized spacial score (nSPS) is 21.5. The van der Waals surface area contributed by atoms with Crippen LogP contribution in [0.1, 0.15) is 58.8 Å². The van der Waals surface area contributed by atoms with Crippen molar-refractivity contribution in [2.45, 2.75) is 58.8 Å². The Labute approximate surface area is 127 Å².